The van der Waals surface area contributed by atoms with E-state index in [-0.39, 0.29) is 17.3 Å². The van der Waals surface area contributed by atoms with Gasteiger partial charge in [0.25, 0.3) is 11.8 Å². The minimum absolute atomic E-state index is 0.117. The summed E-state index contributed by atoms with van der Waals surface area (Å²) in [5.41, 5.74) is 2.75. The third-order valence-corrected chi connectivity index (χ3v) is 6.01. The summed E-state index contributed by atoms with van der Waals surface area (Å²) in [5.74, 6) is -1.37. The molecule has 11 heteroatoms. The van der Waals surface area contributed by atoms with E-state index in [0.29, 0.717) is 22.8 Å². The minimum atomic E-state index is -0.733. The zero-order valence-electron chi connectivity index (χ0n) is 18.9. The standard InChI is InChI=1S/C22H25FN8O2/c1-12-9-31-18(23)19(27-22(33-4)20(31)25-12)26-21(32)14-5-6-16(15-11-29(3)28-17(14)15)30-8-7-13(10-30)24-2/h5-6,9,11,13,24H,7-8,10H2,1-4H3,(H,26,32). The first-order valence-electron chi connectivity index (χ1n) is 10.7. The largest absolute Gasteiger partial charge is 0.478 e. The Morgan fingerprint density at radius 1 is 1.27 bits per heavy atom. The number of amides is 1. The van der Waals surface area contributed by atoms with Gasteiger partial charge in [0.05, 0.1) is 18.4 Å². The SMILES string of the molecule is CNC1CCN(c2ccc(C(=O)Nc3nc(OC)c4nc(C)cn4c3F)c3nn(C)cc23)C1. The van der Waals surface area contributed by atoms with E-state index in [1.165, 1.54) is 17.7 Å². The zero-order chi connectivity index (χ0) is 23.3. The molecule has 0 radical (unpaired) electrons. The lowest BCUT2D eigenvalue weighted by atomic mass is 10.1. The van der Waals surface area contributed by atoms with E-state index in [2.05, 4.69) is 30.6 Å². The van der Waals surface area contributed by atoms with Gasteiger partial charge in [-0.2, -0.15) is 14.5 Å². The molecule has 10 nitrogen and oxygen atoms in total. The lowest BCUT2D eigenvalue weighted by Crippen LogP contribution is -2.29. The van der Waals surface area contributed by atoms with Crippen molar-refractivity contribution < 1.29 is 13.9 Å². The number of fused-ring (bicyclic) bond motifs is 2. The smallest absolute Gasteiger partial charge is 0.260 e. The summed E-state index contributed by atoms with van der Waals surface area (Å²) in [6, 6.07) is 4.07. The molecule has 1 aliphatic heterocycles. The Labute approximate surface area is 189 Å². The highest BCUT2D eigenvalue weighted by molar-refractivity contribution is 6.13. The number of aromatic nitrogens is 5. The molecule has 0 spiro atoms. The molecule has 4 aromatic rings. The molecule has 5 rings (SSSR count). The van der Waals surface area contributed by atoms with Crippen molar-refractivity contribution in [2.75, 3.05) is 37.5 Å². The molecule has 0 aliphatic carbocycles. The van der Waals surface area contributed by atoms with Crippen molar-refractivity contribution in [1.82, 2.24) is 29.5 Å². The molecule has 1 atom stereocenters. The van der Waals surface area contributed by atoms with Crippen LogP contribution >= 0.6 is 0 Å². The second-order valence-electron chi connectivity index (χ2n) is 8.21. The number of halogens is 1. The number of likely N-dealkylation sites (N-methyl/N-ethyl adjacent to an activating group) is 1. The van der Waals surface area contributed by atoms with Crippen molar-refractivity contribution in [3.05, 3.63) is 41.7 Å². The molecular weight excluding hydrogens is 427 g/mol. The van der Waals surface area contributed by atoms with Crippen LogP contribution in [0.25, 0.3) is 16.6 Å². The van der Waals surface area contributed by atoms with Gasteiger partial charge in [-0.05, 0) is 32.5 Å². The van der Waals surface area contributed by atoms with Crippen LogP contribution in [-0.4, -0.2) is 63.3 Å². The number of hydrogen-bond donors (Lipinski definition) is 2. The summed E-state index contributed by atoms with van der Waals surface area (Å²) >= 11 is 0. The maximum Gasteiger partial charge on any atom is 0.260 e. The molecule has 1 fully saturated rings. The lowest BCUT2D eigenvalue weighted by Gasteiger charge is -2.20. The molecule has 0 saturated carbocycles. The number of anilines is 2. The fourth-order valence-electron chi connectivity index (χ4n) is 4.38. The summed E-state index contributed by atoms with van der Waals surface area (Å²) in [5, 5.41) is 11.3. The van der Waals surface area contributed by atoms with E-state index >= 15 is 4.39 Å². The maximum atomic E-state index is 15.1. The van der Waals surface area contributed by atoms with Crippen LogP contribution in [0.5, 0.6) is 5.88 Å². The lowest BCUT2D eigenvalue weighted by molar-refractivity contribution is 0.102. The summed E-state index contributed by atoms with van der Waals surface area (Å²) in [6.45, 7) is 3.54. The molecule has 1 aliphatic rings. The first kappa shape index (κ1) is 21.1. The van der Waals surface area contributed by atoms with Crippen LogP contribution in [0, 0.1) is 12.9 Å². The van der Waals surface area contributed by atoms with Gasteiger partial charge in [0.1, 0.15) is 5.52 Å². The summed E-state index contributed by atoms with van der Waals surface area (Å²) in [7, 11) is 5.20. The average molecular weight is 452 g/mol. The summed E-state index contributed by atoms with van der Waals surface area (Å²) in [6.07, 6.45) is 4.46. The fraction of sp³-hybridized carbons (Fsp3) is 0.364. The van der Waals surface area contributed by atoms with Crippen molar-refractivity contribution in [1.29, 1.82) is 0 Å². The highest BCUT2D eigenvalue weighted by Gasteiger charge is 2.26. The Kier molecular flexibility index (Phi) is 5.12. The molecule has 33 heavy (non-hydrogen) atoms. The Morgan fingerprint density at radius 2 is 2.09 bits per heavy atom. The van der Waals surface area contributed by atoms with Crippen molar-refractivity contribution in [2.24, 2.45) is 7.05 Å². The number of benzene rings is 1. The molecule has 2 N–H and O–H groups in total. The van der Waals surface area contributed by atoms with Crippen LogP contribution in [0.3, 0.4) is 0 Å². The molecule has 172 valence electrons. The quantitative estimate of drug-likeness (QED) is 0.478. The van der Waals surface area contributed by atoms with E-state index in [4.69, 9.17) is 4.74 Å². The van der Waals surface area contributed by atoms with E-state index in [0.717, 1.165) is 30.6 Å². The first-order chi connectivity index (χ1) is 15.9. The number of nitrogens with zero attached hydrogens (tertiary/aromatic N) is 6. The topological polar surface area (TPSA) is 102 Å². The number of carbonyl (C=O) groups excluding carboxylic acids is 1. The molecule has 3 aromatic heterocycles. The molecule has 1 aromatic carbocycles. The monoisotopic (exact) mass is 452 g/mol. The van der Waals surface area contributed by atoms with Crippen molar-refractivity contribution in [2.45, 2.75) is 19.4 Å². The van der Waals surface area contributed by atoms with Crippen molar-refractivity contribution >= 4 is 34.0 Å². The van der Waals surface area contributed by atoms with Gasteiger partial charge in [-0.15, -0.1) is 0 Å². The van der Waals surface area contributed by atoms with E-state index < -0.39 is 11.9 Å². The number of ether oxygens (including phenoxy) is 1. The molecule has 1 unspecified atom stereocenters. The molecule has 1 saturated heterocycles. The normalized spacial score (nSPS) is 16.2. The second kappa shape index (κ2) is 8.00. The second-order valence-corrected chi connectivity index (χ2v) is 8.21. The Balaban J connectivity index is 1.52. The Bertz CT molecular complexity index is 1380. The van der Waals surface area contributed by atoms with Gasteiger partial charge in [-0.3, -0.25) is 13.9 Å². The highest BCUT2D eigenvalue weighted by Crippen LogP contribution is 2.32. The van der Waals surface area contributed by atoms with Gasteiger partial charge in [0.2, 0.25) is 11.6 Å². The van der Waals surface area contributed by atoms with Crippen LogP contribution in [0.15, 0.2) is 24.5 Å². The third-order valence-electron chi connectivity index (χ3n) is 6.01. The van der Waals surface area contributed by atoms with Crippen molar-refractivity contribution in [3.63, 3.8) is 0 Å². The zero-order valence-corrected chi connectivity index (χ0v) is 18.9. The van der Waals surface area contributed by atoms with Gasteiger partial charge < -0.3 is 20.3 Å². The molecule has 0 bridgehead atoms. The van der Waals surface area contributed by atoms with Crippen LogP contribution in [0.4, 0.5) is 15.9 Å². The van der Waals surface area contributed by atoms with Gasteiger partial charge >= 0.3 is 0 Å². The van der Waals surface area contributed by atoms with Gasteiger partial charge in [0.15, 0.2) is 5.82 Å². The number of aryl methyl sites for hydroxylation is 2. The van der Waals surface area contributed by atoms with E-state index in [9.17, 15) is 4.79 Å². The average Bonchev–Trinajstić information content (AvgIpc) is 3.52. The first-order valence-corrected chi connectivity index (χ1v) is 10.7. The van der Waals surface area contributed by atoms with Gasteiger partial charge in [-0.25, -0.2) is 4.98 Å². The van der Waals surface area contributed by atoms with Gasteiger partial charge in [-0.1, -0.05) is 0 Å². The van der Waals surface area contributed by atoms with Crippen LogP contribution < -0.4 is 20.3 Å². The Morgan fingerprint density at radius 3 is 2.82 bits per heavy atom. The summed E-state index contributed by atoms with van der Waals surface area (Å²) in [4.78, 5) is 23.8. The number of hydrogen-bond acceptors (Lipinski definition) is 7. The van der Waals surface area contributed by atoms with Crippen LogP contribution in [0.1, 0.15) is 22.5 Å². The minimum Gasteiger partial charge on any atom is -0.478 e. The maximum absolute atomic E-state index is 15.1. The van der Waals surface area contributed by atoms with Crippen LogP contribution in [-0.2, 0) is 7.05 Å². The van der Waals surface area contributed by atoms with Crippen LogP contribution in [0.2, 0.25) is 0 Å². The van der Waals surface area contributed by atoms with Gasteiger partial charge in [0, 0.05) is 49.6 Å². The number of imidazole rings is 1. The number of carbonyl (C=O) groups is 1. The van der Waals surface area contributed by atoms with Crippen molar-refractivity contribution in [3.8, 4) is 5.88 Å². The number of rotatable bonds is 5. The number of nitrogens with one attached hydrogen (secondary N) is 2. The third kappa shape index (κ3) is 3.54. The van der Waals surface area contributed by atoms with E-state index in [1.54, 1.807) is 17.7 Å². The number of methoxy groups -OCH3 is 1. The Hall–Kier alpha value is -3.73. The molecule has 1 amide bonds. The summed E-state index contributed by atoms with van der Waals surface area (Å²) < 4.78 is 23.2. The fourth-order valence-corrected chi connectivity index (χ4v) is 4.38. The predicted octanol–water partition coefficient (Wildman–Crippen LogP) is 2.12. The molecule has 4 heterocycles. The van der Waals surface area contributed by atoms with E-state index in [1.807, 2.05) is 26.4 Å². The predicted molar refractivity (Wildman–Crippen MR) is 123 cm³/mol. The molecular formula is C22H25FN8O2. The highest BCUT2D eigenvalue weighted by atomic mass is 19.1.